The number of hydrogen-bond acceptors (Lipinski definition) is 4. The van der Waals surface area contributed by atoms with Gasteiger partial charge >= 0.3 is 0 Å². The first kappa shape index (κ1) is 21.1. The Kier molecular flexibility index (Phi) is 6.42. The second-order valence-electron chi connectivity index (χ2n) is 7.73. The maximum atomic E-state index is 13.3. The first-order valence-corrected chi connectivity index (χ1v) is 10.8. The fraction of sp³-hybridized carbons (Fsp3) is 0.348. The minimum Gasteiger partial charge on any atom is -0.353 e. The first-order chi connectivity index (χ1) is 13.8. The molecular formula is C23H27N3O2S. The lowest BCUT2D eigenvalue weighted by Crippen LogP contribution is -2.37. The molecule has 1 aromatic heterocycles. The topological polar surface area (TPSA) is 64.0 Å². The minimum absolute atomic E-state index is 0.0641. The van der Waals surface area contributed by atoms with E-state index in [0.29, 0.717) is 22.0 Å². The van der Waals surface area contributed by atoms with E-state index < -0.39 is 0 Å². The van der Waals surface area contributed by atoms with E-state index in [4.69, 9.17) is 4.98 Å². The van der Waals surface area contributed by atoms with E-state index in [1.165, 1.54) is 11.8 Å². The molecule has 5 nitrogen and oxygen atoms in total. The molecule has 29 heavy (non-hydrogen) atoms. The molecule has 1 N–H and O–H groups in total. The quantitative estimate of drug-likeness (QED) is 0.488. The summed E-state index contributed by atoms with van der Waals surface area (Å²) in [5, 5.41) is 4.09. The van der Waals surface area contributed by atoms with Crippen molar-refractivity contribution in [1.29, 1.82) is 0 Å². The number of rotatable bonds is 6. The highest BCUT2D eigenvalue weighted by Gasteiger charge is 2.17. The number of thioether (sulfide) groups is 1. The average Bonchev–Trinajstić information content (AvgIpc) is 2.67. The van der Waals surface area contributed by atoms with Crippen molar-refractivity contribution in [2.45, 2.75) is 45.8 Å². The van der Waals surface area contributed by atoms with E-state index in [2.05, 4.69) is 19.2 Å². The molecule has 0 aliphatic carbocycles. The molecule has 0 aliphatic heterocycles. The second-order valence-corrected chi connectivity index (χ2v) is 8.67. The Morgan fingerprint density at radius 3 is 2.55 bits per heavy atom. The highest BCUT2D eigenvalue weighted by atomic mass is 32.2. The molecular weight excluding hydrogens is 382 g/mol. The Hall–Kier alpha value is -2.60. The molecule has 0 bridgehead atoms. The Labute approximate surface area is 175 Å². The largest absolute Gasteiger partial charge is 0.353 e. The van der Waals surface area contributed by atoms with Gasteiger partial charge in [0.1, 0.15) is 0 Å². The van der Waals surface area contributed by atoms with Crippen LogP contribution in [0.3, 0.4) is 0 Å². The first-order valence-electron chi connectivity index (χ1n) is 9.79. The summed E-state index contributed by atoms with van der Waals surface area (Å²) < 4.78 is 1.63. The molecule has 0 aliphatic rings. The number of nitrogens with zero attached hydrogens (tertiary/aromatic N) is 2. The van der Waals surface area contributed by atoms with Crippen molar-refractivity contribution in [3.63, 3.8) is 0 Å². The van der Waals surface area contributed by atoms with Crippen molar-refractivity contribution in [2.75, 3.05) is 5.75 Å². The van der Waals surface area contributed by atoms with Crippen molar-refractivity contribution in [3.05, 3.63) is 63.9 Å². The molecule has 0 radical (unpaired) electrons. The number of para-hydroxylation sites is 1. The number of hydrogen-bond donors (Lipinski definition) is 1. The molecule has 0 saturated heterocycles. The second kappa shape index (κ2) is 8.82. The molecule has 3 aromatic rings. The van der Waals surface area contributed by atoms with Crippen molar-refractivity contribution in [2.24, 2.45) is 5.92 Å². The Balaban J connectivity index is 2.03. The van der Waals surface area contributed by atoms with Gasteiger partial charge in [-0.1, -0.05) is 55.4 Å². The number of nitrogens with one attached hydrogen (secondary N) is 1. The highest BCUT2D eigenvalue weighted by Crippen LogP contribution is 2.23. The highest BCUT2D eigenvalue weighted by molar-refractivity contribution is 7.99. The molecule has 0 fully saturated rings. The third kappa shape index (κ3) is 4.70. The molecule has 1 heterocycles. The summed E-state index contributed by atoms with van der Waals surface area (Å²) in [4.78, 5) is 30.4. The number of aromatic nitrogens is 2. The van der Waals surface area contributed by atoms with Crippen LogP contribution in [0.15, 0.2) is 52.4 Å². The van der Waals surface area contributed by atoms with Gasteiger partial charge < -0.3 is 5.32 Å². The van der Waals surface area contributed by atoms with Gasteiger partial charge in [0, 0.05) is 6.04 Å². The van der Waals surface area contributed by atoms with Crippen LogP contribution in [0.2, 0.25) is 0 Å². The lowest BCUT2D eigenvalue weighted by atomic mass is 10.1. The van der Waals surface area contributed by atoms with Gasteiger partial charge in [0.2, 0.25) is 5.91 Å². The monoisotopic (exact) mass is 409 g/mol. The minimum atomic E-state index is -0.124. The van der Waals surface area contributed by atoms with Gasteiger partial charge in [0.05, 0.1) is 22.3 Å². The van der Waals surface area contributed by atoms with Crippen LogP contribution in [0.25, 0.3) is 16.6 Å². The van der Waals surface area contributed by atoms with Gasteiger partial charge in [0.25, 0.3) is 5.56 Å². The Morgan fingerprint density at radius 1 is 1.14 bits per heavy atom. The number of benzene rings is 2. The molecule has 6 heteroatoms. The number of carbonyl (C=O) groups excluding carboxylic acids is 1. The molecule has 0 spiro atoms. The summed E-state index contributed by atoms with van der Waals surface area (Å²) in [7, 11) is 0. The average molecular weight is 410 g/mol. The maximum absolute atomic E-state index is 13.3. The summed E-state index contributed by atoms with van der Waals surface area (Å²) in [6.45, 7) is 10.1. The lowest BCUT2D eigenvalue weighted by Gasteiger charge is -2.18. The molecule has 3 rings (SSSR count). The van der Waals surface area contributed by atoms with Crippen molar-refractivity contribution in [3.8, 4) is 5.69 Å². The lowest BCUT2D eigenvalue weighted by molar-refractivity contribution is -0.119. The Morgan fingerprint density at radius 2 is 1.86 bits per heavy atom. The molecule has 152 valence electrons. The van der Waals surface area contributed by atoms with E-state index in [0.717, 1.165) is 16.8 Å². The van der Waals surface area contributed by atoms with Crippen LogP contribution >= 0.6 is 11.8 Å². The standard InChI is InChI=1S/C23H27N3O2S/c1-14(2)17(5)24-21(27)13-29-23-25-19-9-7-6-8-18(19)22(28)26(23)20-11-10-15(3)12-16(20)4/h6-12,14,17H,13H2,1-5H3,(H,24,27). The predicted molar refractivity (Wildman–Crippen MR) is 120 cm³/mol. The summed E-state index contributed by atoms with van der Waals surface area (Å²) in [5.41, 5.74) is 3.42. The number of fused-ring (bicyclic) bond motifs is 1. The van der Waals surface area contributed by atoms with Gasteiger partial charge in [-0.15, -0.1) is 0 Å². The fourth-order valence-corrected chi connectivity index (χ4v) is 3.89. The smallest absolute Gasteiger partial charge is 0.266 e. The maximum Gasteiger partial charge on any atom is 0.266 e. The van der Waals surface area contributed by atoms with Crippen molar-refractivity contribution < 1.29 is 4.79 Å². The van der Waals surface area contributed by atoms with Gasteiger partial charge in [-0.25, -0.2) is 4.98 Å². The zero-order chi connectivity index (χ0) is 21.1. The van der Waals surface area contributed by atoms with Crippen LogP contribution in [0.1, 0.15) is 31.9 Å². The van der Waals surface area contributed by atoms with E-state index in [9.17, 15) is 9.59 Å². The number of carbonyl (C=O) groups is 1. The summed E-state index contributed by atoms with van der Waals surface area (Å²) in [6.07, 6.45) is 0. The number of aryl methyl sites for hydroxylation is 2. The van der Waals surface area contributed by atoms with Crippen LogP contribution in [-0.4, -0.2) is 27.3 Å². The summed E-state index contributed by atoms with van der Waals surface area (Å²) >= 11 is 1.29. The van der Waals surface area contributed by atoms with Crippen LogP contribution in [0.4, 0.5) is 0 Å². The zero-order valence-electron chi connectivity index (χ0n) is 17.5. The van der Waals surface area contributed by atoms with E-state index in [1.54, 1.807) is 10.6 Å². The van der Waals surface area contributed by atoms with Crippen LogP contribution < -0.4 is 10.9 Å². The molecule has 1 atom stereocenters. The summed E-state index contributed by atoms with van der Waals surface area (Å²) in [6, 6.07) is 13.4. The van der Waals surface area contributed by atoms with Crippen LogP contribution in [-0.2, 0) is 4.79 Å². The van der Waals surface area contributed by atoms with Crippen LogP contribution in [0, 0.1) is 19.8 Å². The third-order valence-electron chi connectivity index (χ3n) is 5.06. The number of amides is 1. The summed E-state index contributed by atoms with van der Waals surface area (Å²) in [5.74, 6) is 0.495. The zero-order valence-corrected chi connectivity index (χ0v) is 18.3. The predicted octanol–water partition coefficient (Wildman–Crippen LogP) is 4.26. The molecule has 2 aromatic carbocycles. The van der Waals surface area contributed by atoms with Gasteiger partial charge in [-0.3, -0.25) is 14.2 Å². The van der Waals surface area contributed by atoms with E-state index in [-0.39, 0.29) is 23.3 Å². The van der Waals surface area contributed by atoms with E-state index in [1.807, 2.05) is 57.2 Å². The fourth-order valence-electron chi connectivity index (χ4n) is 3.07. The van der Waals surface area contributed by atoms with E-state index >= 15 is 0 Å². The van der Waals surface area contributed by atoms with Gasteiger partial charge in [-0.2, -0.15) is 0 Å². The van der Waals surface area contributed by atoms with Crippen LogP contribution in [0.5, 0.6) is 0 Å². The van der Waals surface area contributed by atoms with Gasteiger partial charge in [0.15, 0.2) is 5.16 Å². The normalized spacial score (nSPS) is 12.3. The van der Waals surface area contributed by atoms with Crippen molar-refractivity contribution >= 4 is 28.6 Å². The molecule has 0 saturated carbocycles. The van der Waals surface area contributed by atoms with Gasteiger partial charge in [-0.05, 0) is 50.5 Å². The Bertz CT molecular complexity index is 1100. The molecule has 1 unspecified atom stereocenters. The molecule has 1 amide bonds. The third-order valence-corrected chi connectivity index (χ3v) is 6.00. The SMILES string of the molecule is Cc1ccc(-n2c(SCC(=O)NC(C)C(C)C)nc3ccccc3c2=O)c(C)c1. The van der Waals surface area contributed by atoms with Crippen molar-refractivity contribution in [1.82, 2.24) is 14.9 Å².